The molecule has 2 aromatic rings. The van der Waals surface area contributed by atoms with Gasteiger partial charge in [-0.1, -0.05) is 42.8 Å². The molecule has 1 aliphatic carbocycles. The minimum absolute atomic E-state index is 0.0500. The lowest BCUT2D eigenvalue weighted by Gasteiger charge is -2.43. The first kappa shape index (κ1) is 30.4. The number of aliphatic hydroxyl groups is 2. The summed E-state index contributed by atoms with van der Waals surface area (Å²) >= 11 is 6.30. The van der Waals surface area contributed by atoms with Gasteiger partial charge < -0.3 is 29.9 Å². The molecule has 1 amide bonds. The maximum absolute atomic E-state index is 13.2. The summed E-state index contributed by atoms with van der Waals surface area (Å²) in [6, 6.07) is 10.7. The molecule has 0 radical (unpaired) electrons. The number of rotatable bonds is 1. The third kappa shape index (κ3) is 6.46. The Morgan fingerprint density at radius 1 is 1.07 bits per heavy atom. The van der Waals surface area contributed by atoms with E-state index in [1.165, 1.54) is 4.90 Å². The van der Waals surface area contributed by atoms with Gasteiger partial charge in [-0.3, -0.25) is 4.79 Å². The van der Waals surface area contributed by atoms with E-state index >= 15 is 0 Å². The summed E-state index contributed by atoms with van der Waals surface area (Å²) in [7, 11) is 1.60. The second-order valence-electron chi connectivity index (χ2n) is 12.3. The van der Waals surface area contributed by atoms with Crippen molar-refractivity contribution < 1.29 is 29.6 Å². The number of halogens is 1. The van der Waals surface area contributed by atoms with E-state index in [1.54, 1.807) is 25.2 Å². The molecule has 3 aliphatic rings. The van der Waals surface area contributed by atoms with Gasteiger partial charge in [0.15, 0.2) is 5.60 Å². The van der Waals surface area contributed by atoms with Crippen LogP contribution in [-0.2, 0) is 28.2 Å². The van der Waals surface area contributed by atoms with Gasteiger partial charge in [0, 0.05) is 31.7 Å². The number of carboxylic acids is 1. The van der Waals surface area contributed by atoms with Gasteiger partial charge in [0.2, 0.25) is 5.91 Å². The van der Waals surface area contributed by atoms with Crippen molar-refractivity contribution in [1.29, 1.82) is 0 Å². The highest BCUT2D eigenvalue weighted by molar-refractivity contribution is 6.30. The summed E-state index contributed by atoms with van der Waals surface area (Å²) in [5.74, 6) is -1.08. The van der Waals surface area contributed by atoms with Crippen LogP contribution < -0.4 is 9.64 Å². The highest BCUT2D eigenvalue weighted by Gasteiger charge is 2.43. The zero-order valence-electron chi connectivity index (χ0n) is 24.3. The van der Waals surface area contributed by atoms with E-state index in [4.69, 9.17) is 16.3 Å². The van der Waals surface area contributed by atoms with Crippen LogP contribution in [0.25, 0.3) is 0 Å². The molecule has 2 unspecified atom stereocenters. The molecule has 3 N–H and O–H groups in total. The summed E-state index contributed by atoms with van der Waals surface area (Å²) in [4.78, 5) is 29.4. The molecule has 2 heterocycles. The Morgan fingerprint density at radius 2 is 1.88 bits per heavy atom. The van der Waals surface area contributed by atoms with Crippen LogP contribution in [0.2, 0.25) is 5.02 Å². The number of anilines is 1. The molecule has 2 aliphatic heterocycles. The topological polar surface area (TPSA) is 111 Å². The van der Waals surface area contributed by atoms with E-state index in [-0.39, 0.29) is 23.3 Å². The van der Waals surface area contributed by atoms with Crippen molar-refractivity contribution in [3.8, 4) is 5.75 Å². The molecule has 5 atom stereocenters. The SMILES string of the molecule is CC1/C=C/C(O)[C@@H]2CC[C@H]2CN2CCCCc3cc(Cl)ccc3COc3ccc(cc32)[C@@](O)(C(=O)O)CC(=O)N(C)C1. The second-order valence-corrected chi connectivity index (χ2v) is 12.7. The number of nitrogens with zero attached hydrogens (tertiary/aromatic N) is 2. The van der Waals surface area contributed by atoms with Gasteiger partial charge in [0.25, 0.3) is 0 Å². The van der Waals surface area contributed by atoms with Crippen molar-refractivity contribution in [1.82, 2.24) is 4.90 Å². The lowest BCUT2D eigenvalue weighted by molar-refractivity contribution is -0.164. The first-order chi connectivity index (χ1) is 20.0. The van der Waals surface area contributed by atoms with Gasteiger partial charge in [0.05, 0.1) is 18.2 Å². The Labute approximate surface area is 252 Å². The van der Waals surface area contributed by atoms with E-state index in [9.17, 15) is 24.9 Å². The van der Waals surface area contributed by atoms with Crippen molar-refractivity contribution in [3.63, 3.8) is 0 Å². The number of carbonyl (C=O) groups is 2. The van der Waals surface area contributed by atoms with Crippen molar-refractivity contribution in [2.24, 2.45) is 17.8 Å². The molecular formula is C33H41ClN2O6. The maximum atomic E-state index is 13.2. The summed E-state index contributed by atoms with van der Waals surface area (Å²) in [6.45, 7) is 3.95. The van der Waals surface area contributed by atoms with Gasteiger partial charge >= 0.3 is 5.97 Å². The fraction of sp³-hybridized carbons (Fsp3) is 0.515. The van der Waals surface area contributed by atoms with Gasteiger partial charge in [-0.2, -0.15) is 0 Å². The van der Waals surface area contributed by atoms with Crippen LogP contribution in [-0.4, -0.2) is 64.9 Å². The van der Waals surface area contributed by atoms with Crippen molar-refractivity contribution in [3.05, 3.63) is 70.3 Å². The molecule has 9 heteroatoms. The summed E-state index contributed by atoms with van der Waals surface area (Å²) in [5, 5.41) is 33.5. The van der Waals surface area contributed by atoms with Crippen LogP contribution in [0, 0.1) is 17.8 Å². The number of carboxylic acid groups (broad SMARTS) is 1. The Balaban J connectivity index is 1.59. The predicted molar refractivity (Wildman–Crippen MR) is 162 cm³/mol. The number of fused-ring (bicyclic) bond motifs is 3. The number of amides is 1. The van der Waals surface area contributed by atoms with Crippen LogP contribution >= 0.6 is 11.6 Å². The van der Waals surface area contributed by atoms with E-state index in [0.29, 0.717) is 42.7 Å². The number of hydrogen-bond acceptors (Lipinski definition) is 6. The Morgan fingerprint density at radius 3 is 2.62 bits per heavy atom. The Bertz CT molecular complexity index is 1350. The quantitative estimate of drug-likeness (QED) is 0.407. The van der Waals surface area contributed by atoms with Gasteiger partial charge in [-0.05, 0) is 90.8 Å². The van der Waals surface area contributed by atoms with Gasteiger partial charge in [-0.25, -0.2) is 4.79 Å². The average Bonchev–Trinajstić information content (AvgIpc) is 2.96. The molecule has 8 nitrogen and oxygen atoms in total. The first-order valence-corrected chi connectivity index (χ1v) is 15.3. The highest BCUT2D eigenvalue weighted by Crippen LogP contribution is 2.42. The van der Waals surface area contributed by atoms with Gasteiger partial charge in [0.1, 0.15) is 12.4 Å². The Hall–Kier alpha value is -3.07. The number of aliphatic hydroxyl groups excluding tert-OH is 1. The van der Waals surface area contributed by atoms with Crippen LogP contribution in [0.15, 0.2) is 48.6 Å². The third-order valence-electron chi connectivity index (χ3n) is 9.21. The van der Waals surface area contributed by atoms with Crippen molar-refractivity contribution in [2.75, 3.05) is 31.6 Å². The number of carbonyl (C=O) groups excluding carboxylic acids is 1. The lowest BCUT2D eigenvalue weighted by Crippen LogP contribution is -2.44. The highest BCUT2D eigenvalue weighted by atomic mass is 35.5. The Kier molecular flexibility index (Phi) is 9.16. The van der Waals surface area contributed by atoms with Crippen LogP contribution in [0.3, 0.4) is 0 Å². The maximum Gasteiger partial charge on any atom is 0.340 e. The number of ether oxygens (including phenoxy) is 1. The summed E-state index contributed by atoms with van der Waals surface area (Å²) < 4.78 is 6.38. The standard InChI is InChI=1S/C33H41ClN2O6/c1-21-6-12-29(37)27-11-8-23(27)19-36-14-4-3-5-22-15-26(34)10-7-24(22)20-42-30-13-9-25(16-28(30)36)33(41,32(39)40)17-31(38)35(2)18-21/h6-7,9-10,12-13,15-16,21,23,27,29,37,41H,3-5,8,11,14,17-20H2,1-2H3,(H,39,40)/b12-6+/t21?,23-,27+,29?,33+/m0/s1. The minimum atomic E-state index is -2.41. The van der Waals surface area contributed by atoms with E-state index in [0.717, 1.165) is 43.2 Å². The smallest absolute Gasteiger partial charge is 0.340 e. The van der Waals surface area contributed by atoms with Crippen molar-refractivity contribution >= 4 is 29.2 Å². The number of hydrogen-bond donors (Lipinski definition) is 3. The lowest BCUT2D eigenvalue weighted by atomic mass is 9.70. The predicted octanol–water partition coefficient (Wildman–Crippen LogP) is 4.78. The molecule has 42 heavy (non-hydrogen) atoms. The minimum Gasteiger partial charge on any atom is -0.487 e. The molecule has 0 spiro atoms. The second kappa shape index (κ2) is 12.7. The summed E-state index contributed by atoms with van der Waals surface area (Å²) in [6.07, 6.45) is 7.15. The normalized spacial score (nSPS) is 29.7. The molecule has 1 saturated carbocycles. The zero-order chi connectivity index (χ0) is 30.0. The van der Waals surface area contributed by atoms with Crippen molar-refractivity contribution in [2.45, 2.75) is 63.8 Å². The van der Waals surface area contributed by atoms with Crippen LogP contribution in [0.5, 0.6) is 5.75 Å². The van der Waals surface area contributed by atoms with Gasteiger partial charge in [-0.15, -0.1) is 0 Å². The van der Waals surface area contributed by atoms with E-state index in [2.05, 4.69) is 4.90 Å². The molecule has 2 bridgehead atoms. The molecule has 0 saturated heterocycles. The molecule has 1 fully saturated rings. The fourth-order valence-electron chi connectivity index (χ4n) is 6.45. The zero-order valence-corrected chi connectivity index (χ0v) is 25.1. The molecule has 226 valence electrons. The van der Waals surface area contributed by atoms with E-state index in [1.807, 2.05) is 37.3 Å². The largest absolute Gasteiger partial charge is 0.487 e. The molecule has 0 aromatic heterocycles. The number of benzene rings is 2. The third-order valence-corrected chi connectivity index (χ3v) is 9.44. The fourth-order valence-corrected chi connectivity index (χ4v) is 6.64. The molecule has 5 rings (SSSR count). The van der Waals surface area contributed by atoms with E-state index < -0.39 is 30.0 Å². The monoisotopic (exact) mass is 596 g/mol. The molecular weight excluding hydrogens is 556 g/mol. The van der Waals surface area contributed by atoms with Crippen LogP contribution in [0.1, 0.15) is 55.7 Å². The molecule has 2 aromatic carbocycles. The summed E-state index contributed by atoms with van der Waals surface area (Å²) in [5.41, 5.74) is 0.590. The first-order valence-electron chi connectivity index (χ1n) is 14.9. The van der Waals surface area contributed by atoms with Crippen LogP contribution in [0.4, 0.5) is 5.69 Å². The average molecular weight is 597 g/mol. The number of aryl methyl sites for hydroxylation is 1. The number of aliphatic carboxylic acids is 1.